The Labute approximate surface area is 368 Å². The predicted molar refractivity (Wildman–Crippen MR) is 240 cm³/mol. The minimum atomic E-state index is -4.75. The van der Waals surface area contributed by atoms with Crippen LogP contribution in [0.25, 0.3) is 5.69 Å². The maximum Gasteiger partial charge on any atom is 0.453 e. The molecule has 14 heteroatoms. The molecule has 2 saturated heterocycles. The first-order valence-corrected chi connectivity index (χ1v) is 23.4. The fourth-order valence-corrected chi connectivity index (χ4v) is 14.5. The zero-order valence-electron chi connectivity index (χ0n) is 36.3. The first kappa shape index (κ1) is 44.0. The van der Waals surface area contributed by atoms with Crippen LogP contribution in [0.4, 0.5) is 13.2 Å². The number of aromatic nitrogens is 4. The third-order valence-corrected chi connectivity index (χ3v) is 17.7. The van der Waals surface area contributed by atoms with Crippen LogP contribution in [-0.4, -0.2) is 107 Å². The molecule has 6 aromatic rings. The minimum Gasteiger partial charge on any atom is -0.496 e. The van der Waals surface area contributed by atoms with Crippen LogP contribution in [0.1, 0.15) is 56.1 Å². The Morgan fingerprint density at radius 1 is 0.778 bits per heavy atom. The molecule has 1 amide bonds. The highest BCUT2D eigenvalue weighted by Crippen LogP contribution is 2.40. The maximum atomic E-state index is 14.9. The highest BCUT2D eigenvalue weighted by molar-refractivity contribution is 6.99. The van der Waals surface area contributed by atoms with E-state index in [1.807, 2.05) is 60.4 Å². The number of carbonyl (C=O) groups excluding carboxylic acids is 1. The molecule has 2 aliphatic rings. The van der Waals surface area contributed by atoms with Gasteiger partial charge in [-0.3, -0.25) is 14.6 Å². The van der Waals surface area contributed by atoms with Gasteiger partial charge in [0, 0.05) is 62.8 Å². The first-order chi connectivity index (χ1) is 30.3. The molecule has 0 aliphatic carbocycles. The second kappa shape index (κ2) is 18.2. The van der Waals surface area contributed by atoms with E-state index in [0.29, 0.717) is 55.3 Å². The van der Waals surface area contributed by atoms with Crippen LogP contribution in [0, 0.1) is 0 Å². The number of hydrogen-bond donors (Lipinski definition) is 0. The van der Waals surface area contributed by atoms with Gasteiger partial charge in [-0.05, 0) is 62.1 Å². The lowest BCUT2D eigenvalue weighted by atomic mass is 9.81. The molecule has 3 heterocycles. The van der Waals surface area contributed by atoms with Gasteiger partial charge in [0.15, 0.2) is 0 Å². The Balaban J connectivity index is 1.13. The third kappa shape index (κ3) is 8.95. The number of halogens is 3. The number of rotatable bonds is 12. The Kier molecular flexibility index (Phi) is 12.7. The Hall–Kier alpha value is -5.67. The van der Waals surface area contributed by atoms with Gasteiger partial charge in [0.05, 0.1) is 12.8 Å². The van der Waals surface area contributed by atoms with Gasteiger partial charge in [-0.25, -0.2) is 0 Å². The molecule has 1 aromatic heterocycles. The largest absolute Gasteiger partial charge is 0.496 e. The molecule has 2 aliphatic heterocycles. The van der Waals surface area contributed by atoms with Crippen molar-refractivity contribution in [2.24, 2.45) is 0 Å². The van der Waals surface area contributed by atoms with Crippen LogP contribution in [0.2, 0.25) is 5.04 Å². The zero-order valence-corrected chi connectivity index (χ0v) is 37.3. The lowest BCUT2D eigenvalue weighted by Crippen LogP contribution is -2.70. The predicted octanol–water partition coefficient (Wildman–Crippen LogP) is 7.18. The van der Waals surface area contributed by atoms with Crippen LogP contribution < -0.4 is 15.1 Å². The number of benzene rings is 5. The summed E-state index contributed by atoms with van der Waals surface area (Å²) in [7, 11) is -1.48. The van der Waals surface area contributed by atoms with E-state index in [-0.39, 0.29) is 34.6 Å². The van der Waals surface area contributed by atoms with E-state index >= 15 is 0 Å². The van der Waals surface area contributed by atoms with Crippen molar-refractivity contribution in [3.8, 4) is 11.4 Å². The highest BCUT2D eigenvalue weighted by atomic mass is 28.4. The normalized spacial score (nSPS) is 18.3. The van der Waals surface area contributed by atoms with E-state index in [1.165, 1.54) is 17.2 Å². The van der Waals surface area contributed by atoms with Gasteiger partial charge in [0.25, 0.3) is 14.1 Å². The second-order valence-electron chi connectivity index (χ2n) is 17.6. The maximum absolute atomic E-state index is 14.9. The van der Waals surface area contributed by atoms with Gasteiger partial charge >= 0.3 is 6.18 Å². The molecule has 3 unspecified atom stereocenters. The van der Waals surface area contributed by atoms with Crippen molar-refractivity contribution >= 4 is 24.6 Å². The summed E-state index contributed by atoms with van der Waals surface area (Å²) >= 11 is 0. The van der Waals surface area contributed by atoms with Gasteiger partial charge < -0.3 is 14.1 Å². The number of methoxy groups -OCH3 is 1. The average molecular weight is 874 g/mol. The summed E-state index contributed by atoms with van der Waals surface area (Å²) in [5.41, 5.74) is 3.23. The molecule has 328 valence electrons. The van der Waals surface area contributed by atoms with Gasteiger partial charge in [0.2, 0.25) is 5.91 Å². The summed E-state index contributed by atoms with van der Waals surface area (Å²) in [5, 5.41) is 12.2. The van der Waals surface area contributed by atoms with Crippen LogP contribution in [-0.2, 0) is 21.9 Å². The fourth-order valence-electron chi connectivity index (χ4n) is 9.86. The van der Waals surface area contributed by atoms with E-state index < -0.39 is 26.4 Å². The van der Waals surface area contributed by atoms with Crippen molar-refractivity contribution in [1.29, 1.82) is 0 Å². The monoisotopic (exact) mass is 873 g/mol. The SMILES string of the molecule is COc1ccc(-n2nnnc2C(F)(F)F)cc1CN1CC2CN(C(=O)C(C)O[Si](c3ccccc3)(c3ccccc3)C(C)(C)C)CCN2C(C(c2ccccc2)c2ccccc2)C1. The number of amides is 1. The van der Waals surface area contributed by atoms with Gasteiger partial charge in [-0.15, -0.1) is 5.10 Å². The molecule has 3 atom stereocenters. The molecule has 2 fully saturated rings. The zero-order chi connectivity index (χ0) is 44.4. The van der Waals surface area contributed by atoms with Crippen molar-refractivity contribution in [1.82, 2.24) is 34.9 Å². The third-order valence-electron chi connectivity index (χ3n) is 12.6. The van der Waals surface area contributed by atoms with Crippen molar-refractivity contribution in [3.63, 3.8) is 0 Å². The molecule has 8 rings (SSSR count). The van der Waals surface area contributed by atoms with E-state index in [9.17, 15) is 18.0 Å². The molecule has 0 bridgehead atoms. The Morgan fingerprint density at radius 3 is 1.89 bits per heavy atom. The highest BCUT2D eigenvalue weighted by Gasteiger charge is 2.52. The van der Waals surface area contributed by atoms with Crippen LogP contribution in [0.3, 0.4) is 0 Å². The summed E-state index contributed by atoms with van der Waals surface area (Å²) < 4.78 is 55.6. The molecule has 0 N–H and O–H groups in total. The number of nitrogens with zero attached hydrogens (tertiary/aromatic N) is 7. The molecular formula is C49H54F3N7O3Si. The van der Waals surface area contributed by atoms with Crippen molar-refractivity contribution < 1.29 is 27.1 Å². The number of hydrogen-bond acceptors (Lipinski definition) is 8. The Morgan fingerprint density at radius 2 is 1.35 bits per heavy atom. The molecular weight excluding hydrogens is 820 g/mol. The number of alkyl halides is 3. The summed E-state index contributed by atoms with van der Waals surface area (Å²) in [6.45, 7) is 11.9. The van der Waals surface area contributed by atoms with E-state index in [4.69, 9.17) is 9.16 Å². The first-order valence-electron chi connectivity index (χ1n) is 21.5. The van der Waals surface area contributed by atoms with Crippen molar-refractivity contribution in [2.75, 3.05) is 39.8 Å². The quantitative estimate of drug-likeness (QED) is 0.120. The fraction of sp³-hybridized carbons (Fsp3) is 0.347. The number of fused-ring (bicyclic) bond motifs is 1. The Bertz CT molecular complexity index is 2370. The summed E-state index contributed by atoms with van der Waals surface area (Å²) in [5.74, 6) is -0.728. The summed E-state index contributed by atoms with van der Waals surface area (Å²) in [6.07, 6.45) is -5.47. The number of carbonyl (C=O) groups is 1. The van der Waals surface area contributed by atoms with E-state index in [1.54, 1.807) is 19.2 Å². The topological polar surface area (TPSA) is 88.8 Å². The van der Waals surface area contributed by atoms with Gasteiger partial charge in [-0.2, -0.15) is 17.9 Å². The molecule has 5 aromatic carbocycles. The molecule has 0 saturated carbocycles. The smallest absolute Gasteiger partial charge is 0.453 e. The number of ether oxygens (including phenoxy) is 1. The number of piperazine rings is 2. The molecule has 63 heavy (non-hydrogen) atoms. The second-order valence-corrected chi connectivity index (χ2v) is 21.8. The number of tetrazole rings is 1. The van der Waals surface area contributed by atoms with Crippen LogP contribution >= 0.6 is 0 Å². The standard InChI is InChI=1S/C49H54F3N7O3Si/c1-35(62-63(48(2,3)4,41-22-14-8-15-23-41)42-24-16-9-17-25-42)46(60)57-28-29-58-40(33-57)32-56(34-43(58)45(36-18-10-6-11-19-36)37-20-12-7-13-21-37)31-38-30-39(26-27-44(38)61-5)59-47(49(50,51)52)53-54-55-59/h6-27,30,35,40,43,45H,28-29,31-34H2,1-5H3. The van der Waals surface area contributed by atoms with Crippen LogP contribution in [0.15, 0.2) is 140 Å². The minimum absolute atomic E-state index is 0.0119. The molecule has 0 spiro atoms. The van der Waals surface area contributed by atoms with Crippen LogP contribution in [0.5, 0.6) is 5.75 Å². The summed E-state index contributed by atoms with van der Waals surface area (Å²) in [4.78, 5) is 21.8. The van der Waals surface area contributed by atoms with Gasteiger partial charge in [-0.1, -0.05) is 142 Å². The van der Waals surface area contributed by atoms with Crippen molar-refractivity contribution in [2.45, 2.75) is 69.6 Å². The van der Waals surface area contributed by atoms with Crippen molar-refractivity contribution in [3.05, 3.63) is 162 Å². The molecule has 0 radical (unpaired) electrons. The lowest BCUT2D eigenvalue weighted by molar-refractivity contribution is -0.146. The lowest BCUT2D eigenvalue weighted by Gasteiger charge is -2.54. The average Bonchev–Trinajstić information content (AvgIpc) is 3.80. The van der Waals surface area contributed by atoms with Gasteiger partial charge in [0.1, 0.15) is 11.9 Å². The van der Waals surface area contributed by atoms with E-state index in [0.717, 1.165) is 10.4 Å². The molecule has 10 nitrogen and oxygen atoms in total. The van der Waals surface area contributed by atoms with E-state index in [2.05, 4.69) is 119 Å². The summed E-state index contributed by atoms with van der Waals surface area (Å²) in [6, 6.07) is 46.5.